The van der Waals surface area contributed by atoms with Crippen molar-refractivity contribution in [1.29, 1.82) is 0 Å². The fourth-order valence-electron chi connectivity index (χ4n) is 2.13. The summed E-state index contributed by atoms with van der Waals surface area (Å²) in [4.78, 5) is 12.5. The molecule has 0 bridgehead atoms. The molecule has 0 saturated carbocycles. The first-order valence-corrected chi connectivity index (χ1v) is 5.66. The number of nitrogens with zero attached hydrogens (tertiary/aromatic N) is 1. The van der Waals surface area contributed by atoms with E-state index in [-0.39, 0.29) is 6.42 Å². The lowest BCUT2D eigenvalue weighted by molar-refractivity contribution is -0.137. The number of hydrogen-bond acceptors (Lipinski definition) is 3. The molecule has 1 saturated heterocycles. The summed E-state index contributed by atoms with van der Waals surface area (Å²) >= 11 is 0. The van der Waals surface area contributed by atoms with Gasteiger partial charge in [-0.2, -0.15) is 0 Å². The largest absolute Gasteiger partial charge is 0.481 e. The predicted octanol–water partition coefficient (Wildman–Crippen LogP) is 1.09. The van der Waals surface area contributed by atoms with Gasteiger partial charge in [0.2, 0.25) is 0 Å². The first kappa shape index (κ1) is 12.5. The highest BCUT2D eigenvalue weighted by Crippen LogP contribution is 2.20. The molecular weight excluding hydrogens is 194 g/mol. The van der Waals surface area contributed by atoms with Crippen molar-refractivity contribution in [2.24, 2.45) is 0 Å². The van der Waals surface area contributed by atoms with E-state index in [9.17, 15) is 9.90 Å². The van der Waals surface area contributed by atoms with Crippen molar-refractivity contribution < 1.29 is 15.0 Å². The van der Waals surface area contributed by atoms with Crippen LogP contribution in [0.3, 0.4) is 0 Å². The third-order valence-electron chi connectivity index (χ3n) is 2.87. The maximum atomic E-state index is 10.3. The van der Waals surface area contributed by atoms with Crippen LogP contribution in [0.2, 0.25) is 0 Å². The topological polar surface area (TPSA) is 60.8 Å². The molecule has 1 rings (SSSR count). The lowest BCUT2D eigenvalue weighted by Gasteiger charge is -2.36. The molecule has 1 aliphatic rings. The van der Waals surface area contributed by atoms with Crippen molar-refractivity contribution in [1.82, 2.24) is 4.90 Å². The van der Waals surface area contributed by atoms with Crippen LogP contribution >= 0.6 is 0 Å². The van der Waals surface area contributed by atoms with Crippen molar-refractivity contribution in [2.45, 2.75) is 44.6 Å². The minimum atomic E-state index is -0.722. The molecule has 0 aromatic heterocycles. The summed E-state index contributed by atoms with van der Waals surface area (Å²) in [5, 5.41) is 18.3. The zero-order chi connectivity index (χ0) is 11.3. The number of carboxylic acid groups (broad SMARTS) is 1. The van der Waals surface area contributed by atoms with Gasteiger partial charge in [0.15, 0.2) is 0 Å². The van der Waals surface area contributed by atoms with E-state index in [0.717, 1.165) is 45.3 Å². The molecule has 1 unspecified atom stereocenters. The molecule has 4 heteroatoms. The first-order chi connectivity index (χ1) is 6.99. The van der Waals surface area contributed by atoms with Gasteiger partial charge in [0.25, 0.3) is 0 Å². The summed E-state index contributed by atoms with van der Waals surface area (Å²) in [6, 6.07) is 0. The smallest absolute Gasteiger partial charge is 0.303 e. The molecule has 15 heavy (non-hydrogen) atoms. The van der Waals surface area contributed by atoms with E-state index in [1.165, 1.54) is 0 Å². The van der Waals surface area contributed by atoms with Crippen LogP contribution in [0.15, 0.2) is 0 Å². The van der Waals surface area contributed by atoms with Gasteiger partial charge >= 0.3 is 5.97 Å². The fraction of sp³-hybridized carbons (Fsp3) is 0.909. The van der Waals surface area contributed by atoms with E-state index in [4.69, 9.17) is 5.11 Å². The van der Waals surface area contributed by atoms with E-state index in [1.807, 2.05) is 6.92 Å². The van der Waals surface area contributed by atoms with Crippen LogP contribution in [0.1, 0.15) is 39.0 Å². The average molecular weight is 215 g/mol. The van der Waals surface area contributed by atoms with E-state index in [2.05, 4.69) is 4.90 Å². The molecule has 1 aliphatic heterocycles. The second-order valence-corrected chi connectivity index (χ2v) is 4.73. The summed E-state index contributed by atoms with van der Waals surface area (Å²) in [6.45, 7) is 4.53. The number of rotatable bonds is 5. The molecule has 88 valence electrons. The minimum Gasteiger partial charge on any atom is -0.481 e. The Hall–Kier alpha value is -0.610. The molecule has 0 aromatic carbocycles. The fourth-order valence-corrected chi connectivity index (χ4v) is 2.13. The second-order valence-electron chi connectivity index (χ2n) is 4.73. The highest BCUT2D eigenvalue weighted by Gasteiger charge is 2.27. The Morgan fingerprint density at radius 1 is 1.47 bits per heavy atom. The summed E-state index contributed by atoms with van der Waals surface area (Å²) in [5.74, 6) is -0.722. The van der Waals surface area contributed by atoms with E-state index >= 15 is 0 Å². The lowest BCUT2D eigenvalue weighted by atomic mass is 9.95. The molecule has 2 N–H and O–H groups in total. The Bertz CT molecular complexity index is 216. The predicted molar refractivity (Wildman–Crippen MR) is 57.8 cm³/mol. The summed E-state index contributed by atoms with van der Waals surface area (Å²) in [5.41, 5.74) is -0.551. The third-order valence-corrected chi connectivity index (χ3v) is 2.87. The third kappa shape index (κ3) is 5.14. The molecule has 0 aromatic rings. The number of β-amino-alcohol motifs (C(OH)–C–C–N with tert-alkyl or cyclic N) is 1. The van der Waals surface area contributed by atoms with Crippen molar-refractivity contribution in [3.8, 4) is 0 Å². The number of likely N-dealkylation sites (tertiary alicyclic amines) is 1. The molecular formula is C11H21NO3. The molecule has 1 heterocycles. The molecule has 1 fully saturated rings. The van der Waals surface area contributed by atoms with Crippen molar-refractivity contribution in [3.05, 3.63) is 0 Å². The molecule has 0 spiro atoms. The highest BCUT2D eigenvalue weighted by atomic mass is 16.4. The number of aliphatic hydroxyl groups is 1. The quantitative estimate of drug-likeness (QED) is 0.674. The van der Waals surface area contributed by atoms with Crippen LogP contribution in [0.25, 0.3) is 0 Å². The lowest BCUT2D eigenvalue weighted by Crippen LogP contribution is -2.46. The van der Waals surface area contributed by atoms with Gasteiger partial charge in [0.05, 0.1) is 5.60 Å². The molecule has 4 nitrogen and oxygen atoms in total. The average Bonchev–Trinajstić information content (AvgIpc) is 2.10. The highest BCUT2D eigenvalue weighted by molar-refractivity contribution is 5.66. The van der Waals surface area contributed by atoms with Gasteiger partial charge in [-0.05, 0) is 45.7 Å². The summed E-state index contributed by atoms with van der Waals surface area (Å²) in [7, 11) is 0. The van der Waals surface area contributed by atoms with Gasteiger partial charge < -0.3 is 15.1 Å². The number of hydrogen-bond donors (Lipinski definition) is 2. The standard InChI is InChI=1S/C11H21NO3/c1-11(15)6-4-8-12(9-11)7-3-2-5-10(13)14/h15H,2-9H2,1H3,(H,13,14). The zero-order valence-corrected chi connectivity index (χ0v) is 9.41. The maximum Gasteiger partial charge on any atom is 0.303 e. The SMILES string of the molecule is CC1(O)CCCN(CCCCC(=O)O)C1. The molecule has 0 radical (unpaired) electrons. The minimum absolute atomic E-state index is 0.254. The van der Waals surface area contributed by atoms with Crippen LogP contribution in [0.5, 0.6) is 0 Å². The van der Waals surface area contributed by atoms with Crippen LogP contribution in [-0.2, 0) is 4.79 Å². The van der Waals surface area contributed by atoms with Crippen molar-refractivity contribution >= 4 is 5.97 Å². The molecule has 1 atom stereocenters. The van der Waals surface area contributed by atoms with Crippen molar-refractivity contribution in [2.75, 3.05) is 19.6 Å². The van der Waals surface area contributed by atoms with Gasteiger partial charge in [-0.15, -0.1) is 0 Å². The Kier molecular flexibility index (Phi) is 4.54. The normalized spacial score (nSPS) is 27.9. The van der Waals surface area contributed by atoms with Gasteiger partial charge in [-0.1, -0.05) is 0 Å². The van der Waals surface area contributed by atoms with Gasteiger partial charge in [-0.25, -0.2) is 0 Å². The maximum absolute atomic E-state index is 10.3. The number of carboxylic acids is 1. The Morgan fingerprint density at radius 3 is 2.80 bits per heavy atom. The van der Waals surface area contributed by atoms with Gasteiger partial charge in [0, 0.05) is 13.0 Å². The Labute approximate surface area is 90.9 Å². The Balaban J connectivity index is 2.13. The van der Waals surface area contributed by atoms with Crippen molar-refractivity contribution in [3.63, 3.8) is 0 Å². The molecule has 0 aliphatic carbocycles. The van der Waals surface area contributed by atoms with E-state index in [1.54, 1.807) is 0 Å². The van der Waals surface area contributed by atoms with Crippen LogP contribution in [0, 0.1) is 0 Å². The van der Waals surface area contributed by atoms with Crippen LogP contribution < -0.4 is 0 Å². The zero-order valence-electron chi connectivity index (χ0n) is 9.41. The summed E-state index contributed by atoms with van der Waals surface area (Å²) in [6.07, 6.45) is 3.80. The van der Waals surface area contributed by atoms with Crippen LogP contribution in [-0.4, -0.2) is 46.3 Å². The van der Waals surface area contributed by atoms with E-state index < -0.39 is 11.6 Å². The van der Waals surface area contributed by atoms with Gasteiger partial charge in [0.1, 0.15) is 0 Å². The summed E-state index contributed by atoms with van der Waals surface area (Å²) < 4.78 is 0. The second kappa shape index (κ2) is 5.47. The number of piperidine rings is 1. The number of carbonyl (C=O) groups is 1. The first-order valence-electron chi connectivity index (χ1n) is 5.66. The monoisotopic (exact) mass is 215 g/mol. The van der Waals surface area contributed by atoms with Gasteiger partial charge in [-0.3, -0.25) is 4.79 Å². The number of unbranched alkanes of at least 4 members (excludes halogenated alkanes) is 1. The molecule has 0 amide bonds. The van der Waals surface area contributed by atoms with E-state index in [0.29, 0.717) is 0 Å². The Morgan fingerprint density at radius 2 is 2.20 bits per heavy atom. The van der Waals surface area contributed by atoms with Crippen LogP contribution in [0.4, 0.5) is 0 Å². The number of aliphatic carboxylic acids is 1.